The third-order valence-electron chi connectivity index (χ3n) is 4.34. The Balaban J connectivity index is 1.61. The Hall–Kier alpha value is -0.280. The van der Waals surface area contributed by atoms with E-state index in [1.54, 1.807) is 0 Å². The molecule has 2 aliphatic rings. The largest absolute Gasteiger partial charge is 0.312 e. The highest BCUT2D eigenvalue weighted by Gasteiger charge is 2.26. The molecule has 110 valence electrons. The van der Waals surface area contributed by atoms with Gasteiger partial charge in [-0.15, -0.1) is 0 Å². The number of nitrogens with zero attached hydrogens (tertiary/aromatic N) is 1. The van der Waals surface area contributed by atoms with Gasteiger partial charge < -0.3 is 5.32 Å². The topological polar surface area (TPSA) is 15.3 Å². The van der Waals surface area contributed by atoms with Crippen LogP contribution in [-0.2, 0) is 6.54 Å². The zero-order valence-electron chi connectivity index (χ0n) is 11.7. The molecule has 3 rings (SSSR count). The molecule has 0 amide bonds. The molecule has 1 unspecified atom stereocenters. The van der Waals surface area contributed by atoms with E-state index in [2.05, 4.69) is 16.3 Å². The SMILES string of the molecule is Clc1ccc(CN2CCCCC2CNC2CC2)cc1Cl. The van der Waals surface area contributed by atoms with Crippen molar-refractivity contribution in [1.82, 2.24) is 10.2 Å². The van der Waals surface area contributed by atoms with Crippen molar-refractivity contribution in [3.63, 3.8) is 0 Å². The number of piperidine rings is 1. The standard InChI is InChI=1S/C16H22Cl2N2/c17-15-7-4-12(9-16(15)18)11-20-8-2-1-3-14(20)10-19-13-5-6-13/h4,7,9,13-14,19H,1-3,5-6,8,10-11H2. The number of likely N-dealkylation sites (tertiary alicyclic amines) is 1. The Kier molecular flexibility index (Phi) is 4.87. The van der Waals surface area contributed by atoms with Crippen molar-refractivity contribution in [2.75, 3.05) is 13.1 Å². The second-order valence-corrected chi connectivity index (χ2v) is 6.87. The van der Waals surface area contributed by atoms with Gasteiger partial charge in [-0.3, -0.25) is 4.90 Å². The lowest BCUT2D eigenvalue weighted by Gasteiger charge is -2.36. The van der Waals surface area contributed by atoms with E-state index in [9.17, 15) is 0 Å². The van der Waals surface area contributed by atoms with Crippen molar-refractivity contribution < 1.29 is 0 Å². The van der Waals surface area contributed by atoms with Crippen molar-refractivity contribution in [3.05, 3.63) is 33.8 Å². The van der Waals surface area contributed by atoms with Crippen LogP contribution in [0.5, 0.6) is 0 Å². The van der Waals surface area contributed by atoms with E-state index < -0.39 is 0 Å². The number of hydrogen-bond donors (Lipinski definition) is 1. The van der Waals surface area contributed by atoms with E-state index in [4.69, 9.17) is 23.2 Å². The van der Waals surface area contributed by atoms with Crippen molar-refractivity contribution in [2.24, 2.45) is 0 Å². The molecule has 1 N–H and O–H groups in total. The van der Waals surface area contributed by atoms with Gasteiger partial charge in [-0.2, -0.15) is 0 Å². The lowest BCUT2D eigenvalue weighted by atomic mass is 10.0. The molecule has 0 bridgehead atoms. The molecule has 2 nitrogen and oxygen atoms in total. The van der Waals surface area contributed by atoms with E-state index >= 15 is 0 Å². The summed E-state index contributed by atoms with van der Waals surface area (Å²) in [6.45, 7) is 3.30. The minimum atomic E-state index is 0.640. The van der Waals surface area contributed by atoms with Crippen molar-refractivity contribution in [3.8, 4) is 0 Å². The van der Waals surface area contributed by atoms with E-state index in [1.165, 1.54) is 44.2 Å². The Bertz CT molecular complexity index is 460. The third kappa shape index (κ3) is 3.88. The molecule has 0 spiro atoms. The van der Waals surface area contributed by atoms with Crippen LogP contribution in [0.1, 0.15) is 37.7 Å². The number of benzene rings is 1. The maximum Gasteiger partial charge on any atom is 0.0595 e. The average Bonchev–Trinajstić information content (AvgIpc) is 3.26. The lowest BCUT2D eigenvalue weighted by Crippen LogP contribution is -2.45. The second-order valence-electron chi connectivity index (χ2n) is 6.05. The Labute approximate surface area is 131 Å². The molecule has 4 heteroatoms. The molecule has 0 aromatic heterocycles. The maximum absolute atomic E-state index is 6.12. The molecule has 20 heavy (non-hydrogen) atoms. The first-order chi connectivity index (χ1) is 9.72. The minimum Gasteiger partial charge on any atom is -0.312 e. The van der Waals surface area contributed by atoms with Gasteiger partial charge in [0.15, 0.2) is 0 Å². The van der Waals surface area contributed by atoms with Gasteiger partial charge >= 0.3 is 0 Å². The van der Waals surface area contributed by atoms with Crippen LogP contribution in [0.4, 0.5) is 0 Å². The van der Waals surface area contributed by atoms with Crippen LogP contribution < -0.4 is 5.32 Å². The molecular formula is C16H22Cl2N2. The van der Waals surface area contributed by atoms with Crippen molar-refractivity contribution in [1.29, 1.82) is 0 Å². The Morgan fingerprint density at radius 2 is 1.95 bits per heavy atom. The summed E-state index contributed by atoms with van der Waals surface area (Å²) in [5.41, 5.74) is 1.26. The van der Waals surface area contributed by atoms with Gasteiger partial charge in [0, 0.05) is 25.2 Å². The fraction of sp³-hybridized carbons (Fsp3) is 0.625. The van der Waals surface area contributed by atoms with Crippen LogP contribution in [0.3, 0.4) is 0 Å². The molecule has 1 aliphatic heterocycles. The van der Waals surface area contributed by atoms with Crippen molar-refractivity contribution in [2.45, 2.75) is 50.7 Å². The molecule has 1 heterocycles. The van der Waals surface area contributed by atoms with Gasteiger partial charge in [0.25, 0.3) is 0 Å². The summed E-state index contributed by atoms with van der Waals surface area (Å²) in [7, 11) is 0. The van der Waals surface area contributed by atoms with Crippen LogP contribution in [-0.4, -0.2) is 30.1 Å². The highest BCUT2D eigenvalue weighted by molar-refractivity contribution is 6.42. The van der Waals surface area contributed by atoms with Gasteiger partial charge in [0.05, 0.1) is 10.0 Å². The fourth-order valence-electron chi connectivity index (χ4n) is 2.96. The number of halogens is 2. The summed E-state index contributed by atoms with van der Waals surface area (Å²) in [4.78, 5) is 2.60. The molecule has 1 aromatic carbocycles. The molecule has 1 saturated carbocycles. The molecule has 1 aliphatic carbocycles. The number of nitrogens with one attached hydrogen (secondary N) is 1. The first-order valence-corrected chi connectivity index (χ1v) is 8.39. The summed E-state index contributed by atoms with van der Waals surface area (Å²) < 4.78 is 0. The Morgan fingerprint density at radius 3 is 2.70 bits per heavy atom. The van der Waals surface area contributed by atoms with Crippen LogP contribution in [0.15, 0.2) is 18.2 Å². The van der Waals surface area contributed by atoms with Crippen LogP contribution >= 0.6 is 23.2 Å². The van der Waals surface area contributed by atoms with Gasteiger partial charge in [0.1, 0.15) is 0 Å². The second kappa shape index (κ2) is 6.65. The zero-order chi connectivity index (χ0) is 13.9. The molecule has 1 saturated heterocycles. The van der Waals surface area contributed by atoms with Gasteiger partial charge in [-0.25, -0.2) is 0 Å². The summed E-state index contributed by atoms with van der Waals surface area (Å²) in [5.74, 6) is 0. The van der Waals surface area contributed by atoms with Crippen LogP contribution in [0.2, 0.25) is 10.0 Å². The smallest absolute Gasteiger partial charge is 0.0595 e. The molecule has 0 radical (unpaired) electrons. The molecular weight excluding hydrogens is 291 g/mol. The first kappa shape index (κ1) is 14.6. The van der Waals surface area contributed by atoms with Crippen LogP contribution in [0, 0.1) is 0 Å². The van der Waals surface area contributed by atoms with E-state index in [-0.39, 0.29) is 0 Å². The molecule has 2 fully saturated rings. The first-order valence-electron chi connectivity index (χ1n) is 7.64. The summed E-state index contributed by atoms with van der Waals surface area (Å²) in [5, 5.41) is 4.97. The van der Waals surface area contributed by atoms with Gasteiger partial charge in [0.2, 0.25) is 0 Å². The van der Waals surface area contributed by atoms with Gasteiger partial charge in [-0.05, 0) is 49.9 Å². The molecule has 1 aromatic rings. The summed E-state index contributed by atoms with van der Waals surface area (Å²) in [6.07, 6.45) is 6.69. The van der Waals surface area contributed by atoms with Crippen molar-refractivity contribution >= 4 is 23.2 Å². The maximum atomic E-state index is 6.12. The van der Waals surface area contributed by atoms with E-state index in [1.807, 2.05) is 12.1 Å². The fourth-order valence-corrected chi connectivity index (χ4v) is 3.28. The average molecular weight is 313 g/mol. The summed E-state index contributed by atoms with van der Waals surface area (Å²) >= 11 is 12.1. The minimum absolute atomic E-state index is 0.640. The zero-order valence-corrected chi connectivity index (χ0v) is 13.3. The number of rotatable bonds is 5. The predicted molar refractivity (Wildman–Crippen MR) is 85.5 cm³/mol. The van der Waals surface area contributed by atoms with E-state index in [0.717, 1.165) is 19.1 Å². The normalized spacial score (nSPS) is 24.0. The highest BCUT2D eigenvalue weighted by atomic mass is 35.5. The lowest BCUT2D eigenvalue weighted by molar-refractivity contribution is 0.137. The number of hydrogen-bond acceptors (Lipinski definition) is 2. The van der Waals surface area contributed by atoms with Crippen LogP contribution in [0.25, 0.3) is 0 Å². The quantitative estimate of drug-likeness (QED) is 0.880. The van der Waals surface area contributed by atoms with Gasteiger partial charge in [-0.1, -0.05) is 35.7 Å². The highest BCUT2D eigenvalue weighted by Crippen LogP contribution is 2.26. The van der Waals surface area contributed by atoms with E-state index in [0.29, 0.717) is 16.1 Å². The predicted octanol–water partition coefficient (Wildman–Crippen LogP) is 4.10. The monoisotopic (exact) mass is 312 g/mol. The summed E-state index contributed by atoms with van der Waals surface area (Å²) in [6, 6.07) is 7.46. The third-order valence-corrected chi connectivity index (χ3v) is 5.08. The Morgan fingerprint density at radius 1 is 1.10 bits per heavy atom. The molecule has 1 atom stereocenters.